The molecule has 4 rings (SSSR count). The molecule has 2 amide bonds. The number of furan rings is 1. The van der Waals surface area contributed by atoms with Crippen LogP contribution in [0, 0.1) is 6.92 Å². The van der Waals surface area contributed by atoms with Gasteiger partial charge in [-0.3, -0.25) is 14.5 Å². The molecule has 0 unspecified atom stereocenters. The highest BCUT2D eigenvalue weighted by Gasteiger charge is 2.22. The maximum atomic E-state index is 12.5. The van der Waals surface area contributed by atoms with Crippen LogP contribution >= 0.6 is 11.3 Å². The molecule has 3 aromatic rings. The van der Waals surface area contributed by atoms with Crippen molar-refractivity contribution in [1.29, 1.82) is 0 Å². The molecular formula is C25H27N3O5S. The summed E-state index contributed by atoms with van der Waals surface area (Å²) in [5.74, 6) is -1.12. The lowest BCUT2D eigenvalue weighted by Crippen LogP contribution is -2.45. The third-order valence-electron chi connectivity index (χ3n) is 5.62. The molecule has 3 heterocycles. The molecular weight excluding hydrogens is 454 g/mol. The Hall–Kier alpha value is -3.43. The van der Waals surface area contributed by atoms with Crippen molar-refractivity contribution in [2.75, 3.05) is 25.0 Å². The molecule has 1 aromatic carbocycles. The number of likely N-dealkylation sites (tertiary alicyclic amines) is 1. The van der Waals surface area contributed by atoms with E-state index in [1.165, 1.54) is 11.8 Å². The lowest BCUT2D eigenvalue weighted by molar-refractivity contribution is -0.125. The van der Waals surface area contributed by atoms with Crippen LogP contribution in [0.15, 0.2) is 59.2 Å². The van der Waals surface area contributed by atoms with E-state index in [2.05, 4.69) is 27.7 Å². The summed E-state index contributed by atoms with van der Waals surface area (Å²) in [5, 5.41) is 6.16. The van der Waals surface area contributed by atoms with Crippen molar-refractivity contribution < 1.29 is 23.5 Å². The molecule has 8 nitrogen and oxygen atoms in total. The summed E-state index contributed by atoms with van der Waals surface area (Å²) in [6.45, 7) is 4.12. The molecule has 0 aliphatic carbocycles. The van der Waals surface area contributed by atoms with E-state index < -0.39 is 11.9 Å². The fourth-order valence-electron chi connectivity index (χ4n) is 3.87. The summed E-state index contributed by atoms with van der Waals surface area (Å²) in [4.78, 5) is 39.6. The van der Waals surface area contributed by atoms with Crippen LogP contribution in [-0.4, -0.2) is 48.4 Å². The molecule has 0 spiro atoms. The second-order valence-corrected chi connectivity index (χ2v) is 9.29. The van der Waals surface area contributed by atoms with Crippen molar-refractivity contribution >= 4 is 34.1 Å². The van der Waals surface area contributed by atoms with Gasteiger partial charge >= 0.3 is 5.97 Å². The first-order valence-electron chi connectivity index (χ1n) is 11.2. The highest BCUT2D eigenvalue weighted by molar-refractivity contribution is 7.18. The van der Waals surface area contributed by atoms with Crippen LogP contribution < -0.4 is 10.6 Å². The van der Waals surface area contributed by atoms with Gasteiger partial charge in [0.1, 0.15) is 4.88 Å². The number of carbonyl (C=O) groups is 3. The van der Waals surface area contributed by atoms with Crippen LogP contribution in [0.3, 0.4) is 0 Å². The zero-order chi connectivity index (χ0) is 23.9. The topological polar surface area (TPSA) is 101 Å². The minimum Gasteiger partial charge on any atom is -0.459 e. The number of piperidine rings is 1. The van der Waals surface area contributed by atoms with E-state index in [9.17, 15) is 14.4 Å². The fourth-order valence-corrected chi connectivity index (χ4v) is 4.83. The molecule has 1 aliphatic rings. The van der Waals surface area contributed by atoms with Gasteiger partial charge in [-0.25, -0.2) is 4.79 Å². The minimum atomic E-state index is -0.589. The quantitative estimate of drug-likeness (QED) is 0.474. The number of carbonyl (C=O) groups excluding carboxylic acids is 3. The molecule has 0 atom stereocenters. The molecule has 0 saturated carbocycles. The van der Waals surface area contributed by atoms with Gasteiger partial charge in [-0.15, -0.1) is 11.3 Å². The van der Waals surface area contributed by atoms with Crippen molar-refractivity contribution in [3.8, 4) is 0 Å². The molecule has 0 radical (unpaired) electrons. The average Bonchev–Trinajstić information content (AvgIpc) is 3.50. The zero-order valence-electron chi connectivity index (χ0n) is 18.9. The number of thiophene rings is 1. The van der Waals surface area contributed by atoms with E-state index >= 15 is 0 Å². The summed E-state index contributed by atoms with van der Waals surface area (Å²) >= 11 is 1.10. The molecule has 1 saturated heterocycles. The van der Waals surface area contributed by atoms with E-state index in [1.54, 1.807) is 25.1 Å². The predicted molar refractivity (Wildman–Crippen MR) is 129 cm³/mol. The number of nitrogens with one attached hydrogen (secondary N) is 2. The Kier molecular flexibility index (Phi) is 7.76. The molecule has 2 N–H and O–H groups in total. The van der Waals surface area contributed by atoms with Crippen molar-refractivity contribution in [2.24, 2.45) is 0 Å². The summed E-state index contributed by atoms with van der Waals surface area (Å²) in [5.41, 5.74) is 1.94. The van der Waals surface area contributed by atoms with Crippen LogP contribution in [0.4, 0.5) is 5.00 Å². The Morgan fingerprint density at radius 2 is 1.88 bits per heavy atom. The summed E-state index contributed by atoms with van der Waals surface area (Å²) in [7, 11) is 0. The highest BCUT2D eigenvalue weighted by Crippen LogP contribution is 2.28. The van der Waals surface area contributed by atoms with E-state index in [4.69, 9.17) is 9.15 Å². The number of esters is 1. The Balaban J connectivity index is 1.19. The fraction of sp³-hybridized carbons (Fsp3) is 0.320. The van der Waals surface area contributed by atoms with E-state index in [0.29, 0.717) is 15.4 Å². The molecule has 9 heteroatoms. The molecule has 178 valence electrons. The van der Waals surface area contributed by atoms with Crippen LogP contribution in [0.1, 0.15) is 44.2 Å². The van der Waals surface area contributed by atoms with Gasteiger partial charge in [0.15, 0.2) is 12.4 Å². The molecule has 1 fully saturated rings. The average molecular weight is 482 g/mol. The molecule has 2 aromatic heterocycles. The van der Waals surface area contributed by atoms with Gasteiger partial charge in [-0.1, -0.05) is 30.3 Å². The number of ether oxygens (including phenoxy) is 1. The van der Waals surface area contributed by atoms with Crippen LogP contribution in [0.25, 0.3) is 0 Å². The first-order chi connectivity index (χ1) is 16.5. The van der Waals surface area contributed by atoms with Gasteiger partial charge in [-0.2, -0.15) is 0 Å². The highest BCUT2D eigenvalue weighted by atomic mass is 32.1. The van der Waals surface area contributed by atoms with Crippen molar-refractivity contribution in [3.63, 3.8) is 0 Å². The lowest BCUT2D eigenvalue weighted by atomic mass is 10.0. The number of rotatable bonds is 8. The Labute approximate surface area is 201 Å². The van der Waals surface area contributed by atoms with Gasteiger partial charge in [0.05, 0.1) is 11.3 Å². The second-order valence-electron chi connectivity index (χ2n) is 8.23. The largest absolute Gasteiger partial charge is 0.459 e. The van der Waals surface area contributed by atoms with Gasteiger partial charge < -0.3 is 19.8 Å². The molecule has 34 heavy (non-hydrogen) atoms. The predicted octanol–water partition coefficient (Wildman–Crippen LogP) is 3.84. The second kappa shape index (κ2) is 11.1. The number of benzene rings is 1. The van der Waals surface area contributed by atoms with Crippen LogP contribution in [0.5, 0.6) is 0 Å². The van der Waals surface area contributed by atoms with Gasteiger partial charge in [0, 0.05) is 25.7 Å². The number of amides is 2. The first-order valence-corrected chi connectivity index (χ1v) is 12.0. The van der Waals surface area contributed by atoms with Crippen LogP contribution in [0.2, 0.25) is 0 Å². The summed E-state index contributed by atoms with van der Waals surface area (Å²) in [6, 6.07) is 15.3. The standard InChI is InChI=1S/C25H27N3O5S/c1-17-14-22(27-24(30)20-8-5-13-32-20)34-23(17)25(31)33-16-21(29)26-19-9-11-28(12-10-19)15-18-6-3-2-4-7-18/h2-8,13-14,19H,9-12,15-16H2,1H3,(H,26,29)(H,27,30). The van der Waals surface area contributed by atoms with Crippen molar-refractivity contribution in [3.05, 3.63) is 76.6 Å². The maximum absolute atomic E-state index is 12.5. The minimum absolute atomic E-state index is 0.0742. The normalized spacial score (nSPS) is 14.5. The third-order valence-corrected chi connectivity index (χ3v) is 6.75. The number of hydrogen-bond donors (Lipinski definition) is 2. The van der Waals surface area contributed by atoms with Crippen molar-refractivity contribution in [2.45, 2.75) is 32.4 Å². The Morgan fingerprint density at radius 3 is 2.59 bits per heavy atom. The number of aryl methyl sites for hydroxylation is 1. The summed E-state index contributed by atoms with van der Waals surface area (Å²) < 4.78 is 10.3. The van der Waals surface area contributed by atoms with Crippen molar-refractivity contribution in [1.82, 2.24) is 10.2 Å². The van der Waals surface area contributed by atoms with Gasteiger partial charge in [0.2, 0.25) is 0 Å². The number of nitrogens with zero attached hydrogens (tertiary/aromatic N) is 1. The van der Waals surface area contributed by atoms with E-state index in [1.807, 2.05) is 18.2 Å². The maximum Gasteiger partial charge on any atom is 0.349 e. The Bertz CT molecular complexity index is 1120. The first kappa shape index (κ1) is 23.7. The number of anilines is 1. The Morgan fingerprint density at radius 1 is 1.12 bits per heavy atom. The smallest absolute Gasteiger partial charge is 0.349 e. The molecule has 1 aliphatic heterocycles. The molecule has 0 bridgehead atoms. The van der Waals surface area contributed by atoms with E-state index in [0.717, 1.165) is 43.8 Å². The zero-order valence-corrected chi connectivity index (χ0v) is 19.7. The van der Waals surface area contributed by atoms with Crippen LogP contribution in [-0.2, 0) is 16.1 Å². The monoisotopic (exact) mass is 481 g/mol. The van der Waals surface area contributed by atoms with E-state index in [-0.39, 0.29) is 24.3 Å². The number of hydrogen-bond acceptors (Lipinski definition) is 7. The SMILES string of the molecule is Cc1cc(NC(=O)c2ccco2)sc1C(=O)OCC(=O)NC1CCN(Cc2ccccc2)CC1. The van der Waals surface area contributed by atoms with Gasteiger partial charge in [-0.05, 0) is 49.1 Å². The lowest BCUT2D eigenvalue weighted by Gasteiger charge is -2.32. The third kappa shape index (κ3) is 6.33. The summed E-state index contributed by atoms with van der Waals surface area (Å²) in [6.07, 6.45) is 3.13. The van der Waals surface area contributed by atoms with Gasteiger partial charge in [0.25, 0.3) is 11.8 Å².